The van der Waals surface area contributed by atoms with Gasteiger partial charge >= 0.3 is 0 Å². The van der Waals surface area contributed by atoms with E-state index in [1.807, 2.05) is 47.0 Å². The summed E-state index contributed by atoms with van der Waals surface area (Å²) in [6.45, 7) is 2.04. The lowest BCUT2D eigenvalue weighted by molar-refractivity contribution is -0.118. The van der Waals surface area contributed by atoms with E-state index in [4.69, 9.17) is 0 Å². The van der Waals surface area contributed by atoms with Crippen LogP contribution in [0.15, 0.2) is 71.9 Å². The second-order valence-corrected chi connectivity index (χ2v) is 8.48. The molecule has 1 amide bonds. The predicted octanol–water partition coefficient (Wildman–Crippen LogP) is 4.60. The molecule has 4 aromatic rings. The summed E-state index contributed by atoms with van der Waals surface area (Å²) in [5.41, 5.74) is 1.39. The van der Waals surface area contributed by atoms with Crippen molar-refractivity contribution in [2.45, 2.75) is 24.9 Å². The van der Waals surface area contributed by atoms with E-state index >= 15 is 0 Å². The molecule has 0 aliphatic heterocycles. The number of hydrogen-bond donors (Lipinski definition) is 1. The molecule has 0 radical (unpaired) electrons. The van der Waals surface area contributed by atoms with Gasteiger partial charge in [-0.2, -0.15) is 0 Å². The van der Waals surface area contributed by atoms with Crippen LogP contribution in [0.3, 0.4) is 0 Å². The second kappa shape index (κ2) is 10.4. The molecule has 0 aliphatic carbocycles. The minimum Gasteiger partial charge on any atom is -0.356 e. The number of carbonyl (C=O) groups is 2. The van der Waals surface area contributed by atoms with Crippen LogP contribution in [-0.2, 0) is 11.2 Å². The summed E-state index contributed by atoms with van der Waals surface area (Å²) in [6.07, 6.45) is 1.32. The summed E-state index contributed by atoms with van der Waals surface area (Å²) in [5, 5.41) is 14.3. The number of aromatic nitrogens is 3. The quantitative estimate of drug-likeness (QED) is 0.223. The van der Waals surface area contributed by atoms with Crippen LogP contribution in [0.1, 0.15) is 29.5 Å². The van der Waals surface area contributed by atoms with Gasteiger partial charge in [-0.05, 0) is 42.1 Å². The number of fused-ring (bicyclic) bond motifs is 1. The van der Waals surface area contributed by atoms with Gasteiger partial charge < -0.3 is 5.32 Å². The Morgan fingerprint density at radius 1 is 1.00 bits per heavy atom. The average molecular weight is 463 g/mol. The number of thioether (sulfide) groups is 1. The molecule has 0 fully saturated rings. The lowest BCUT2D eigenvalue weighted by atomic mass is 10.1. The van der Waals surface area contributed by atoms with E-state index in [9.17, 15) is 14.0 Å². The predicted molar refractivity (Wildman–Crippen MR) is 127 cm³/mol. The summed E-state index contributed by atoms with van der Waals surface area (Å²) in [6, 6.07) is 19.6. The van der Waals surface area contributed by atoms with Crippen LogP contribution in [-0.4, -0.2) is 38.8 Å². The molecule has 8 heteroatoms. The van der Waals surface area contributed by atoms with Gasteiger partial charge in [-0.3, -0.25) is 14.2 Å². The zero-order valence-corrected chi connectivity index (χ0v) is 18.9. The van der Waals surface area contributed by atoms with Crippen LogP contribution in [0.4, 0.5) is 4.39 Å². The third-order valence-electron chi connectivity index (χ3n) is 5.16. The van der Waals surface area contributed by atoms with Crippen molar-refractivity contribution >= 4 is 34.2 Å². The summed E-state index contributed by atoms with van der Waals surface area (Å²) >= 11 is 1.30. The number of hydrogen-bond acceptors (Lipinski definition) is 5. The standard InChI is InChI=1S/C25H23FN4O2S/c1-17(31)27-15-5-10-24-28-29-25(33-16-23(32)19-11-13-20(26)14-12-19)30(24)22-9-4-7-18-6-2-3-8-21(18)22/h2-4,6-9,11-14H,5,10,15-16H2,1H3,(H,27,31). The highest BCUT2D eigenvalue weighted by molar-refractivity contribution is 7.99. The van der Waals surface area contributed by atoms with Gasteiger partial charge in [0, 0.05) is 30.8 Å². The third kappa shape index (κ3) is 5.46. The van der Waals surface area contributed by atoms with Gasteiger partial charge in [-0.15, -0.1) is 10.2 Å². The third-order valence-corrected chi connectivity index (χ3v) is 6.09. The van der Waals surface area contributed by atoms with Gasteiger partial charge in [0.05, 0.1) is 11.4 Å². The topological polar surface area (TPSA) is 76.9 Å². The van der Waals surface area contributed by atoms with E-state index in [1.165, 1.54) is 43.0 Å². The number of amides is 1. The smallest absolute Gasteiger partial charge is 0.216 e. The monoisotopic (exact) mass is 462 g/mol. The second-order valence-electron chi connectivity index (χ2n) is 7.54. The number of benzene rings is 3. The molecule has 0 bridgehead atoms. The van der Waals surface area contributed by atoms with E-state index in [0.717, 1.165) is 22.3 Å². The highest BCUT2D eigenvalue weighted by Crippen LogP contribution is 2.28. The normalized spacial score (nSPS) is 11.0. The number of nitrogens with one attached hydrogen (secondary N) is 1. The molecular weight excluding hydrogens is 439 g/mol. The molecule has 0 aliphatic rings. The fourth-order valence-corrected chi connectivity index (χ4v) is 4.42. The summed E-state index contributed by atoms with van der Waals surface area (Å²) < 4.78 is 15.2. The summed E-state index contributed by atoms with van der Waals surface area (Å²) in [5.74, 6) is 0.355. The molecule has 0 atom stereocenters. The summed E-state index contributed by atoms with van der Waals surface area (Å²) in [7, 11) is 0. The minimum absolute atomic E-state index is 0.0685. The Morgan fingerprint density at radius 2 is 1.76 bits per heavy atom. The van der Waals surface area contributed by atoms with E-state index < -0.39 is 0 Å². The minimum atomic E-state index is -0.376. The maximum atomic E-state index is 13.2. The Labute approximate surface area is 195 Å². The Kier molecular flexibility index (Phi) is 7.14. The Balaban J connectivity index is 1.63. The first-order chi connectivity index (χ1) is 16.0. The SMILES string of the molecule is CC(=O)NCCCc1nnc(SCC(=O)c2ccc(F)cc2)n1-c1cccc2ccccc12. The van der Waals surface area contributed by atoms with Crippen molar-refractivity contribution in [2.24, 2.45) is 0 Å². The van der Waals surface area contributed by atoms with Crippen molar-refractivity contribution in [3.63, 3.8) is 0 Å². The molecule has 4 rings (SSSR count). The molecule has 33 heavy (non-hydrogen) atoms. The van der Waals surface area contributed by atoms with Gasteiger partial charge in [-0.1, -0.05) is 48.2 Å². The molecule has 168 valence electrons. The number of carbonyl (C=O) groups excluding carboxylic acids is 2. The highest BCUT2D eigenvalue weighted by Gasteiger charge is 2.18. The molecule has 0 spiro atoms. The van der Waals surface area contributed by atoms with Crippen LogP contribution >= 0.6 is 11.8 Å². The highest BCUT2D eigenvalue weighted by atomic mass is 32.2. The van der Waals surface area contributed by atoms with Crippen molar-refractivity contribution in [3.05, 3.63) is 83.9 Å². The Morgan fingerprint density at radius 3 is 2.55 bits per heavy atom. The average Bonchev–Trinajstić information content (AvgIpc) is 3.22. The Hall–Kier alpha value is -3.52. The zero-order valence-electron chi connectivity index (χ0n) is 18.1. The van der Waals surface area contributed by atoms with E-state index in [2.05, 4.69) is 15.5 Å². The Bertz CT molecular complexity index is 1280. The molecule has 6 nitrogen and oxygen atoms in total. The maximum absolute atomic E-state index is 13.2. The zero-order chi connectivity index (χ0) is 23.2. The van der Waals surface area contributed by atoms with Crippen LogP contribution in [0.5, 0.6) is 0 Å². The fraction of sp³-hybridized carbons (Fsp3) is 0.200. The molecule has 1 aromatic heterocycles. The number of ketones is 1. The number of Topliss-reactive ketones (excluding diaryl/α,β-unsaturated/α-hetero) is 1. The largest absolute Gasteiger partial charge is 0.356 e. The van der Waals surface area contributed by atoms with Crippen LogP contribution in [0.2, 0.25) is 0 Å². The molecule has 3 aromatic carbocycles. The molecule has 1 heterocycles. The number of nitrogens with zero attached hydrogens (tertiary/aromatic N) is 3. The van der Waals surface area contributed by atoms with E-state index in [1.54, 1.807) is 0 Å². The lowest BCUT2D eigenvalue weighted by Crippen LogP contribution is -2.21. The van der Waals surface area contributed by atoms with Crippen molar-refractivity contribution < 1.29 is 14.0 Å². The molecule has 0 saturated heterocycles. The lowest BCUT2D eigenvalue weighted by Gasteiger charge is -2.13. The number of rotatable bonds is 9. The molecule has 0 saturated carbocycles. The van der Waals surface area contributed by atoms with E-state index in [-0.39, 0.29) is 23.3 Å². The van der Waals surface area contributed by atoms with E-state index in [0.29, 0.717) is 30.1 Å². The van der Waals surface area contributed by atoms with Crippen molar-refractivity contribution in [2.75, 3.05) is 12.3 Å². The first kappa shape index (κ1) is 22.7. The summed E-state index contributed by atoms with van der Waals surface area (Å²) in [4.78, 5) is 23.8. The first-order valence-corrected chi connectivity index (χ1v) is 11.6. The van der Waals surface area contributed by atoms with Gasteiger partial charge in [0.15, 0.2) is 10.9 Å². The molecular formula is C25H23FN4O2S. The number of aryl methyl sites for hydroxylation is 1. The van der Waals surface area contributed by atoms with Crippen molar-refractivity contribution in [1.82, 2.24) is 20.1 Å². The van der Waals surface area contributed by atoms with Crippen LogP contribution < -0.4 is 5.32 Å². The van der Waals surface area contributed by atoms with Crippen molar-refractivity contribution in [1.29, 1.82) is 0 Å². The fourth-order valence-electron chi connectivity index (χ4n) is 3.56. The first-order valence-electron chi connectivity index (χ1n) is 10.6. The van der Waals surface area contributed by atoms with Crippen LogP contribution in [0.25, 0.3) is 16.5 Å². The maximum Gasteiger partial charge on any atom is 0.216 e. The van der Waals surface area contributed by atoms with Gasteiger partial charge in [-0.25, -0.2) is 4.39 Å². The van der Waals surface area contributed by atoms with Crippen LogP contribution in [0, 0.1) is 5.82 Å². The molecule has 0 unspecified atom stereocenters. The van der Waals surface area contributed by atoms with Gasteiger partial charge in [0.1, 0.15) is 11.6 Å². The van der Waals surface area contributed by atoms with Gasteiger partial charge in [0.2, 0.25) is 5.91 Å². The van der Waals surface area contributed by atoms with Crippen molar-refractivity contribution in [3.8, 4) is 5.69 Å². The molecule has 1 N–H and O–H groups in total. The number of halogens is 1. The van der Waals surface area contributed by atoms with Gasteiger partial charge in [0.25, 0.3) is 0 Å².